The SMILES string of the molecule is Cc1c(C(=O)NCCN2CCNCC2)cnn1-c1cccc(Cl)c1. The highest BCUT2D eigenvalue weighted by molar-refractivity contribution is 6.30. The Bertz CT molecular complexity index is 709. The number of nitrogens with zero attached hydrogens (tertiary/aromatic N) is 3. The van der Waals surface area contributed by atoms with Crippen LogP contribution in [0.2, 0.25) is 5.02 Å². The number of hydrogen-bond donors (Lipinski definition) is 2. The first kappa shape index (κ1) is 17.0. The van der Waals surface area contributed by atoms with Gasteiger partial charge in [0.05, 0.1) is 23.1 Å². The molecule has 128 valence electrons. The normalized spacial score (nSPS) is 15.4. The molecule has 24 heavy (non-hydrogen) atoms. The minimum atomic E-state index is -0.0871. The molecule has 1 fully saturated rings. The van der Waals surface area contributed by atoms with Gasteiger partial charge in [-0.1, -0.05) is 17.7 Å². The molecule has 0 spiro atoms. The molecular weight excluding hydrogens is 326 g/mol. The molecule has 1 amide bonds. The van der Waals surface area contributed by atoms with Crippen LogP contribution in [-0.4, -0.2) is 59.9 Å². The third-order valence-corrected chi connectivity index (χ3v) is 4.47. The Kier molecular flexibility index (Phi) is 5.50. The van der Waals surface area contributed by atoms with Crippen molar-refractivity contribution in [3.63, 3.8) is 0 Å². The van der Waals surface area contributed by atoms with Gasteiger partial charge in [-0.2, -0.15) is 5.10 Å². The van der Waals surface area contributed by atoms with E-state index in [1.165, 1.54) is 0 Å². The Morgan fingerprint density at radius 3 is 2.92 bits per heavy atom. The van der Waals surface area contributed by atoms with Crippen molar-refractivity contribution in [2.75, 3.05) is 39.3 Å². The van der Waals surface area contributed by atoms with Gasteiger partial charge in [-0.15, -0.1) is 0 Å². The van der Waals surface area contributed by atoms with Crippen molar-refractivity contribution in [1.29, 1.82) is 0 Å². The Labute approximate surface area is 146 Å². The van der Waals surface area contributed by atoms with E-state index in [1.54, 1.807) is 10.9 Å². The molecule has 7 heteroatoms. The lowest BCUT2D eigenvalue weighted by Crippen LogP contribution is -2.46. The lowest BCUT2D eigenvalue weighted by molar-refractivity contribution is 0.0946. The van der Waals surface area contributed by atoms with Crippen LogP contribution in [0, 0.1) is 6.92 Å². The molecule has 6 nitrogen and oxygen atoms in total. The first-order chi connectivity index (χ1) is 11.6. The summed E-state index contributed by atoms with van der Waals surface area (Å²) in [5.74, 6) is -0.0871. The van der Waals surface area contributed by atoms with E-state index < -0.39 is 0 Å². The summed E-state index contributed by atoms with van der Waals surface area (Å²) in [7, 11) is 0. The third kappa shape index (κ3) is 3.95. The molecule has 1 aromatic carbocycles. The van der Waals surface area contributed by atoms with Gasteiger partial charge >= 0.3 is 0 Å². The fourth-order valence-corrected chi connectivity index (χ4v) is 3.04. The summed E-state index contributed by atoms with van der Waals surface area (Å²) in [6.45, 7) is 7.48. The van der Waals surface area contributed by atoms with Gasteiger partial charge in [-0.3, -0.25) is 9.69 Å². The highest BCUT2D eigenvalue weighted by Gasteiger charge is 2.16. The van der Waals surface area contributed by atoms with Crippen LogP contribution in [0.1, 0.15) is 16.1 Å². The minimum absolute atomic E-state index is 0.0871. The summed E-state index contributed by atoms with van der Waals surface area (Å²) in [5, 5.41) is 11.3. The van der Waals surface area contributed by atoms with Gasteiger partial charge in [0.1, 0.15) is 0 Å². The Morgan fingerprint density at radius 2 is 2.17 bits per heavy atom. The van der Waals surface area contributed by atoms with Crippen LogP contribution in [0.3, 0.4) is 0 Å². The second-order valence-electron chi connectivity index (χ2n) is 5.88. The lowest BCUT2D eigenvalue weighted by atomic mass is 10.2. The summed E-state index contributed by atoms with van der Waals surface area (Å²) in [6.07, 6.45) is 1.61. The predicted molar refractivity (Wildman–Crippen MR) is 95.0 cm³/mol. The average molecular weight is 348 g/mol. The van der Waals surface area contributed by atoms with E-state index in [1.807, 2.05) is 31.2 Å². The molecule has 2 heterocycles. The number of piperazine rings is 1. The van der Waals surface area contributed by atoms with Crippen molar-refractivity contribution < 1.29 is 4.79 Å². The summed E-state index contributed by atoms with van der Waals surface area (Å²) in [4.78, 5) is 14.7. The molecule has 1 saturated heterocycles. The third-order valence-electron chi connectivity index (χ3n) is 4.23. The molecule has 1 aliphatic rings. The van der Waals surface area contributed by atoms with Gasteiger partial charge in [0.2, 0.25) is 0 Å². The molecule has 2 N–H and O–H groups in total. The molecule has 0 unspecified atom stereocenters. The molecule has 2 aromatic rings. The maximum atomic E-state index is 12.4. The number of carbonyl (C=O) groups is 1. The molecule has 1 aliphatic heterocycles. The topological polar surface area (TPSA) is 62.2 Å². The number of rotatable bonds is 5. The molecule has 0 atom stereocenters. The first-order valence-corrected chi connectivity index (χ1v) is 8.55. The summed E-state index contributed by atoms with van der Waals surface area (Å²) in [5.41, 5.74) is 2.24. The lowest BCUT2D eigenvalue weighted by Gasteiger charge is -2.27. The van der Waals surface area contributed by atoms with Crippen LogP contribution in [0.5, 0.6) is 0 Å². The standard InChI is InChI=1S/C17H22ClN5O/c1-13-16(12-21-23(13)15-4-2-3-14(18)11-15)17(24)20-7-10-22-8-5-19-6-9-22/h2-4,11-12,19H,5-10H2,1H3,(H,20,24). The molecule has 0 radical (unpaired) electrons. The van der Waals surface area contributed by atoms with E-state index in [-0.39, 0.29) is 5.91 Å². The Balaban J connectivity index is 1.61. The van der Waals surface area contributed by atoms with Gasteiger partial charge < -0.3 is 10.6 Å². The quantitative estimate of drug-likeness (QED) is 0.859. The zero-order chi connectivity index (χ0) is 16.9. The van der Waals surface area contributed by atoms with Crippen molar-refractivity contribution >= 4 is 17.5 Å². The maximum absolute atomic E-state index is 12.4. The maximum Gasteiger partial charge on any atom is 0.254 e. The number of nitrogens with one attached hydrogen (secondary N) is 2. The highest BCUT2D eigenvalue weighted by Crippen LogP contribution is 2.17. The molecule has 0 aliphatic carbocycles. The van der Waals surface area contributed by atoms with Crippen molar-refractivity contribution in [1.82, 2.24) is 25.3 Å². The second kappa shape index (κ2) is 7.79. The van der Waals surface area contributed by atoms with E-state index in [0.717, 1.165) is 44.1 Å². The molecule has 3 rings (SSSR count). The second-order valence-corrected chi connectivity index (χ2v) is 6.32. The number of halogens is 1. The number of amides is 1. The van der Waals surface area contributed by atoms with E-state index in [2.05, 4.69) is 20.6 Å². The van der Waals surface area contributed by atoms with E-state index in [4.69, 9.17) is 11.6 Å². The van der Waals surface area contributed by atoms with Crippen LogP contribution in [0.4, 0.5) is 0 Å². The Morgan fingerprint density at radius 1 is 1.38 bits per heavy atom. The van der Waals surface area contributed by atoms with Crippen LogP contribution in [0.25, 0.3) is 5.69 Å². The number of hydrogen-bond acceptors (Lipinski definition) is 4. The van der Waals surface area contributed by atoms with Crippen molar-refractivity contribution in [3.05, 3.63) is 46.7 Å². The number of benzene rings is 1. The molecule has 0 bridgehead atoms. The zero-order valence-electron chi connectivity index (χ0n) is 13.8. The first-order valence-electron chi connectivity index (χ1n) is 8.17. The minimum Gasteiger partial charge on any atom is -0.351 e. The highest BCUT2D eigenvalue weighted by atomic mass is 35.5. The molecule has 0 saturated carbocycles. The van der Waals surface area contributed by atoms with Crippen molar-refractivity contribution in [3.8, 4) is 5.69 Å². The van der Waals surface area contributed by atoms with Gasteiger partial charge in [0.25, 0.3) is 5.91 Å². The van der Waals surface area contributed by atoms with E-state index >= 15 is 0 Å². The fraction of sp³-hybridized carbons (Fsp3) is 0.412. The molecule has 1 aromatic heterocycles. The van der Waals surface area contributed by atoms with Gasteiger partial charge in [0.15, 0.2) is 0 Å². The smallest absolute Gasteiger partial charge is 0.254 e. The predicted octanol–water partition coefficient (Wildman–Crippen LogP) is 1.47. The van der Waals surface area contributed by atoms with Crippen molar-refractivity contribution in [2.24, 2.45) is 0 Å². The van der Waals surface area contributed by atoms with Gasteiger partial charge in [-0.25, -0.2) is 4.68 Å². The van der Waals surface area contributed by atoms with Crippen LogP contribution < -0.4 is 10.6 Å². The summed E-state index contributed by atoms with van der Waals surface area (Å²) in [6, 6.07) is 7.42. The van der Waals surface area contributed by atoms with E-state index in [0.29, 0.717) is 17.1 Å². The number of aromatic nitrogens is 2. The van der Waals surface area contributed by atoms with Crippen molar-refractivity contribution in [2.45, 2.75) is 6.92 Å². The van der Waals surface area contributed by atoms with Crippen LogP contribution >= 0.6 is 11.6 Å². The summed E-state index contributed by atoms with van der Waals surface area (Å²) >= 11 is 6.03. The van der Waals surface area contributed by atoms with Gasteiger partial charge in [-0.05, 0) is 25.1 Å². The summed E-state index contributed by atoms with van der Waals surface area (Å²) < 4.78 is 1.73. The van der Waals surface area contributed by atoms with E-state index in [9.17, 15) is 4.79 Å². The van der Waals surface area contributed by atoms with Crippen LogP contribution in [-0.2, 0) is 0 Å². The number of carbonyl (C=O) groups excluding carboxylic acids is 1. The van der Waals surface area contributed by atoms with Crippen LogP contribution in [0.15, 0.2) is 30.5 Å². The largest absolute Gasteiger partial charge is 0.351 e. The molecular formula is C17H22ClN5O. The van der Waals surface area contributed by atoms with Gasteiger partial charge in [0, 0.05) is 44.3 Å². The fourth-order valence-electron chi connectivity index (χ4n) is 2.86. The zero-order valence-corrected chi connectivity index (χ0v) is 14.5. The Hall–Kier alpha value is -1.89. The average Bonchev–Trinajstić information content (AvgIpc) is 2.97. The monoisotopic (exact) mass is 347 g/mol.